The van der Waals surface area contributed by atoms with Gasteiger partial charge in [-0.1, -0.05) is 83.2 Å². The predicted octanol–water partition coefficient (Wildman–Crippen LogP) is 0.305. The Kier molecular flexibility index (Phi) is 22.5. The van der Waals surface area contributed by atoms with Gasteiger partial charge in [0.1, 0.15) is 42.3 Å². The Balaban J connectivity index is 1.90. The van der Waals surface area contributed by atoms with Crippen molar-refractivity contribution in [3.05, 3.63) is 35.9 Å². The molecular formula is C47H77N11O9S. The summed E-state index contributed by atoms with van der Waals surface area (Å²) in [6.45, 7) is 7.49. The smallest absolute Gasteiger partial charge is 0.247 e. The van der Waals surface area contributed by atoms with Gasteiger partial charge in [0.2, 0.25) is 47.3 Å². The monoisotopic (exact) mass is 972 g/mol. The minimum absolute atomic E-state index is 0.105. The fourth-order valence-electron chi connectivity index (χ4n) is 9.29. The van der Waals surface area contributed by atoms with Crippen molar-refractivity contribution in [3.8, 4) is 0 Å². The van der Waals surface area contributed by atoms with E-state index in [1.165, 1.54) is 49.5 Å². The lowest BCUT2D eigenvalue weighted by Crippen LogP contribution is -2.61. The molecule has 0 radical (unpaired) electrons. The van der Waals surface area contributed by atoms with Crippen LogP contribution in [-0.4, -0.2) is 161 Å². The lowest BCUT2D eigenvalue weighted by Gasteiger charge is -2.37. The number of aliphatic hydroxyl groups excluding tert-OH is 1. The normalized spacial score (nSPS) is 18.9. The molecule has 1 aromatic rings. The Morgan fingerprint density at radius 1 is 0.824 bits per heavy atom. The van der Waals surface area contributed by atoms with Crippen molar-refractivity contribution in [1.29, 1.82) is 0 Å². The number of hydrogen-bond donors (Lipinski definition) is 8. The van der Waals surface area contributed by atoms with E-state index in [1.54, 1.807) is 32.9 Å². The molecule has 3 rings (SSSR count). The zero-order valence-corrected chi connectivity index (χ0v) is 41.9. The van der Waals surface area contributed by atoms with E-state index in [2.05, 4.69) is 26.3 Å². The molecular weight excluding hydrogens is 895 g/mol. The molecule has 380 valence electrons. The van der Waals surface area contributed by atoms with Gasteiger partial charge in [-0.15, -0.1) is 0 Å². The zero-order chi connectivity index (χ0) is 50.9. The number of nitrogens with one attached hydrogen (secondary N) is 4. The number of hydrogen-bond acceptors (Lipinski definition) is 11. The molecule has 2 aliphatic rings. The maximum Gasteiger partial charge on any atom is 0.247 e. The van der Waals surface area contributed by atoms with E-state index >= 15 is 0 Å². The number of likely N-dealkylation sites (tertiary alicyclic amines) is 1. The fourth-order valence-corrected chi connectivity index (χ4v) is 9.76. The second-order valence-electron chi connectivity index (χ2n) is 19.1. The third kappa shape index (κ3) is 16.4. The Morgan fingerprint density at radius 2 is 1.44 bits per heavy atom. The Morgan fingerprint density at radius 3 is 2.00 bits per heavy atom. The van der Waals surface area contributed by atoms with E-state index in [1.807, 2.05) is 24.5 Å². The Bertz CT molecular complexity index is 1920. The first-order valence-corrected chi connectivity index (χ1v) is 24.9. The van der Waals surface area contributed by atoms with E-state index in [0.29, 0.717) is 25.0 Å². The van der Waals surface area contributed by atoms with Crippen molar-refractivity contribution in [2.75, 3.05) is 45.8 Å². The minimum atomic E-state index is -1.49. The molecule has 0 spiro atoms. The zero-order valence-electron chi connectivity index (χ0n) is 41.1. The molecule has 1 saturated heterocycles. The molecule has 0 aromatic heterocycles. The molecule has 1 unspecified atom stereocenters. The Hall–Kier alpha value is -5.44. The first kappa shape index (κ1) is 56.9. The minimum Gasteiger partial charge on any atom is -0.394 e. The van der Waals surface area contributed by atoms with Gasteiger partial charge < -0.3 is 58.3 Å². The van der Waals surface area contributed by atoms with Gasteiger partial charge in [-0.25, -0.2) is 0 Å². The molecule has 68 heavy (non-hydrogen) atoms. The topological polar surface area (TPSA) is 305 Å². The summed E-state index contributed by atoms with van der Waals surface area (Å²) in [5.74, 6) is -4.99. The number of nitrogens with two attached hydrogens (primary N) is 3. The summed E-state index contributed by atoms with van der Waals surface area (Å²) in [5, 5.41) is 21.5. The van der Waals surface area contributed by atoms with Gasteiger partial charge in [0.15, 0.2) is 5.96 Å². The van der Waals surface area contributed by atoms with Crippen LogP contribution in [-0.2, 0) is 38.4 Å². The number of benzene rings is 1. The highest BCUT2D eigenvalue weighted by atomic mass is 32.2. The van der Waals surface area contributed by atoms with E-state index in [-0.39, 0.29) is 43.7 Å². The number of thioether (sulfide) groups is 1. The maximum absolute atomic E-state index is 14.7. The van der Waals surface area contributed by atoms with E-state index in [0.717, 1.165) is 42.6 Å². The third-order valence-electron chi connectivity index (χ3n) is 12.9. The van der Waals surface area contributed by atoms with Crippen LogP contribution in [0.2, 0.25) is 0 Å². The molecule has 1 heterocycles. The second kappa shape index (κ2) is 26.9. The van der Waals surface area contributed by atoms with E-state index < -0.39 is 102 Å². The number of rotatable bonds is 24. The largest absolute Gasteiger partial charge is 0.394 e. The molecule has 1 aliphatic carbocycles. The molecule has 8 amide bonds. The lowest BCUT2D eigenvalue weighted by atomic mass is 9.84. The van der Waals surface area contributed by atoms with Crippen molar-refractivity contribution < 1.29 is 43.5 Å². The number of carbonyl (C=O) groups excluding carboxylic acids is 8. The van der Waals surface area contributed by atoms with Gasteiger partial charge >= 0.3 is 0 Å². The van der Waals surface area contributed by atoms with Crippen molar-refractivity contribution in [3.63, 3.8) is 0 Å². The highest BCUT2D eigenvalue weighted by Crippen LogP contribution is 2.35. The second-order valence-corrected chi connectivity index (χ2v) is 20.1. The van der Waals surface area contributed by atoms with Crippen LogP contribution in [0.25, 0.3) is 0 Å². The number of guanidine groups is 1. The first-order valence-electron chi connectivity index (χ1n) is 23.5. The van der Waals surface area contributed by atoms with Gasteiger partial charge in [0, 0.05) is 40.0 Å². The first-order chi connectivity index (χ1) is 32.0. The summed E-state index contributed by atoms with van der Waals surface area (Å²) in [6, 6.07) is 1.04. The summed E-state index contributed by atoms with van der Waals surface area (Å²) in [4.78, 5) is 118. The number of primary amides is 1. The fraction of sp³-hybridized carbons (Fsp3) is 0.681. The number of nitrogens with zero attached hydrogens (tertiary/aromatic N) is 4. The predicted molar refractivity (Wildman–Crippen MR) is 261 cm³/mol. The van der Waals surface area contributed by atoms with Crippen LogP contribution in [0.15, 0.2) is 35.3 Å². The third-order valence-corrected chi connectivity index (χ3v) is 13.5. The average Bonchev–Trinajstić information content (AvgIpc) is 3.74. The van der Waals surface area contributed by atoms with Crippen LogP contribution >= 0.6 is 11.8 Å². The molecule has 21 heteroatoms. The maximum atomic E-state index is 14.7. The molecule has 0 bridgehead atoms. The summed E-state index contributed by atoms with van der Waals surface area (Å²) in [5.41, 5.74) is 16.7. The molecule has 8 atom stereocenters. The highest BCUT2D eigenvalue weighted by molar-refractivity contribution is 7.98. The molecule has 2 fully saturated rings. The van der Waals surface area contributed by atoms with Gasteiger partial charge in [-0.2, -0.15) is 11.8 Å². The summed E-state index contributed by atoms with van der Waals surface area (Å²) < 4.78 is 0. The van der Waals surface area contributed by atoms with Crippen molar-refractivity contribution in [1.82, 2.24) is 36.0 Å². The van der Waals surface area contributed by atoms with Gasteiger partial charge in [-0.05, 0) is 67.9 Å². The number of aliphatic imine (C=N–C) groups is 1. The van der Waals surface area contributed by atoms with Crippen LogP contribution in [0.3, 0.4) is 0 Å². The summed E-state index contributed by atoms with van der Waals surface area (Å²) in [7, 11) is 2.79. The van der Waals surface area contributed by atoms with Crippen LogP contribution in [0.1, 0.15) is 110 Å². The van der Waals surface area contributed by atoms with Crippen LogP contribution in [0.4, 0.5) is 0 Å². The van der Waals surface area contributed by atoms with Crippen LogP contribution in [0, 0.1) is 11.3 Å². The molecule has 1 aliphatic heterocycles. The number of amides is 8. The molecule has 20 nitrogen and oxygen atoms in total. The SMILES string of the molecule is CSCC[C@@H](NC(=O)[C@@H](C)N(C)C(=O)[C@H](CCCN=C(N)N)NC(=O)[C@H](CC1CCCCC1)NC(C)=O)C(=O)N1CCC(c2ccccc2)[C@@H]1C(=O)N[C@@H](CO)C(=O)N(C)[C@H](C(N)=O)C(C)(C)C. The van der Waals surface area contributed by atoms with Gasteiger partial charge in [-0.3, -0.25) is 43.3 Å². The molecule has 1 saturated carbocycles. The average molecular weight is 972 g/mol. The van der Waals surface area contributed by atoms with E-state index in [4.69, 9.17) is 17.2 Å². The highest BCUT2D eigenvalue weighted by Gasteiger charge is 2.46. The number of likely N-dealkylation sites (N-methyl/N-ethyl adjacent to an activating group) is 2. The van der Waals surface area contributed by atoms with Gasteiger partial charge in [0.05, 0.1) is 6.61 Å². The molecule has 1 aromatic carbocycles. The summed E-state index contributed by atoms with van der Waals surface area (Å²) in [6.07, 6.45) is 8.22. The van der Waals surface area contributed by atoms with Crippen molar-refractivity contribution in [2.24, 2.45) is 33.5 Å². The Labute approximate surface area is 405 Å². The molecule has 11 N–H and O–H groups in total. The van der Waals surface area contributed by atoms with Crippen LogP contribution in [0.5, 0.6) is 0 Å². The van der Waals surface area contributed by atoms with Crippen LogP contribution < -0.4 is 38.5 Å². The number of carbonyl (C=O) groups is 8. The lowest BCUT2D eigenvalue weighted by molar-refractivity contribution is -0.147. The van der Waals surface area contributed by atoms with Crippen molar-refractivity contribution in [2.45, 2.75) is 147 Å². The standard InChI is InChI=1S/C47H77N11O9S/c1-28(56(6)43(65)33(20-15-23-51-46(49)50)54-41(63)35(52-29(2)60)26-30-16-11-9-12-17-30)40(62)53-34(22-25-68-8)45(67)58-24-21-32(31-18-13-10-14-19-31)37(58)42(64)55-36(27-59)44(66)57(7)38(39(48)61)47(3,4)5/h10,13-14,18-19,28,30,32-38,59H,9,11-12,15-17,20-27H2,1-8H3,(H2,48,61)(H,52,60)(H,53,62)(H,54,63)(H,55,64)(H4,49,50,51)/t28-,32?,33+,34-,35+,36+,37-,38-/m1/s1. The van der Waals surface area contributed by atoms with Gasteiger partial charge in [0.25, 0.3) is 0 Å². The quantitative estimate of drug-likeness (QED) is 0.0395. The number of aliphatic hydroxyl groups is 1. The van der Waals surface area contributed by atoms with Crippen molar-refractivity contribution >= 4 is 65.0 Å². The summed E-state index contributed by atoms with van der Waals surface area (Å²) >= 11 is 1.44. The van der Waals surface area contributed by atoms with E-state index in [9.17, 15) is 43.5 Å².